The zero-order valence-electron chi connectivity index (χ0n) is 9.01. The molecule has 0 saturated heterocycles. The van der Waals surface area contributed by atoms with Gasteiger partial charge >= 0.3 is 0 Å². The van der Waals surface area contributed by atoms with Crippen LogP contribution in [0.2, 0.25) is 0 Å². The number of hydrogen-bond acceptors (Lipinski definition) is 1. The van der Waals surface area contributed by atoms with E-state index in [1.807, 2.05) is 0 Å². The lowest BCUT2D eigenvalue weighted by molar-refractivity contribution is 0.316. The quantitative estimate of drug-likeness (QED) is 0.806. The largest absolute Gasteiger partial charge is 0.330 e. The van der Waals surface area contributed by atoms with Crippen LogP contribution in [-0.4, -0.2) is 12.7 Å². The molecule has 0 bridgehead atoms. The van der Waals surface area contributed by atoms with E-state index < -0.39 is 6.17 Å². The fraction of sp³-hybridized carbons (Fsp3) is 0.538. The summed E-state index contributed by atoms with van der Waals surface area (Å²) in [6.07, 6.45) is 3.81. The van der Waals surface area contributed by atoms with E-state index in [1.54, 1.807) is 0 Å². The molecule has 1 nitrogen and oxygen atoms in total. The zero-order chi connectivity index (χ0) is 10.7. The van der Waals surface area contributed by atoms with Gasteiger partial charge in [0.2, 0.25) is 0 Å². The average molecular weight is 207 g/mol. The molecule has 0 aromatic heterocycles. The highest BCUT2D eigenvalue weighted by Crippen LogP contribution is 2.23. The summed E-state index contributed by atoms with van der Waals surface area (Å²) in [5.74, 6) is 0. The van der Waals surface area contributed by atoms with Gasteiger partial charge in [-0.05, 0) is 48.9 Å². The third kappa shape index (κ3) is 2.57. The molecule has 1 unspecified atom stereocenters. The van der Waals surface area contributed by atoms with Crippen LogP contribution in [0.4, 0.5) is 4.39 Å². The highest BCUT2D eigenvalue weighted by atomic mass is 19.1. The van der Waals surface area contributed by atoms with Gasteiger partial charge in [0.1, 0.15) is 6.17 Å². The number of rotatable bonds is 4. The molecular weight excluding hydrogens is 189 g/mol. The molecule has 0 radical (unpaired) electrons. The monoisotopic (exact) mass is 207 g/mol. The van der Waals surface area contributed by atoms with Crippen molar-refractivity contribution in [1.29, 1.82) is 0 Å². The van der Waals surface area contributed by atoms with Gasteiger partial charge in [-0.25, -0.2) is 4.39 Å². The van der Waals surface area contributed by atoms with Crippen LogP contribution in [0, 0.1) is 0 Å². The molecule has 0 heterocycles. The first-order chi connectivity index (χ1) is 7.29. The maximum Gasteiger partial charge on any atom is 0.105 e. The molecule has 1 atom stereocenters. The lowest BCUT2D eigenvalue weighted by atomic mass is 10.0. The maximum absolute atomic E-state index is 13.4. The predicted molar refractivity (Wildman–Crippen MR) is 60.7 cm³/mol. The molecule has 82 valence electrons. The van der Waals surface area contributed by atoms with Crippen molar-refractivity contribution in [3.05, 3.63) is 34.9 Å². The van der Waals surface area contributed by atoms with Gasteiger partial charge in [-0.2, -0.15) is 0 Å². The van der Waals surface area contributed by atoms with Crippen molar-refractivity contribution in [2.24, 2.45) is 5.73 Å². The van der Waals surface area contributed by atoms with Crippen molar-refractivity contribution in [1.82, 2.24) is 0 Å². The number of benzene rings is 1. The Labute approximate surface area is 90.5 Å². The lowest BCUT2D eigenvalue weighted by Crippen LogP contribution is -2.11. The second kappa shape index (κ2) is 4.75. The van der Waals surface area contributed by atoms with Gasteiger partial charge in [0.05, 0.1) is 0 Å². The SMILES string of the molecule is NCCC(F)Cc1ccc2c(c1)CCC2. The third-order valence-electron chi connectivity index (χ3n) is 3.10. The summed E-state index contributed by atoms with van der Waals surface area (Å²) in [6.45, 7) is 0.437. The average Bonchev–Trinajstić information content (AvgIpc) is 2.65. The Balaban J connectivity index is 2.03. The molecular formula is C13H18FN. The van der Waals surface area contributed by atoms with E-state index in [0.29, 0.717) is 19.4 Å². The standard InChI is InChI=1S/C13H18FN/c14-13(6-7-15)9-10-4-5-11-2-1-3-12(11)8-10/h4-5,8,13H,1-3,6-7,9,15H2. The Morgan fingerprint density at radius 1 is 1.27 bits per heavy atom. The van der Waals surface area contributed by atoms with Crippen LogP contribution >= 0.6 is 0 Å². The minimum absolute atomic E-state index is 0.437. The minimum atomic E-state index is -0.783. The van der Waals surface area contributed by atoms with Crippen LogP contribution in [0.3, 0.4) is 0 Å². The highest BCUT2D eigenvalue weighted by molar-refractivity contribution is 5.35. The summed E-state index contributed by atoms with van der Waals surface area (Å²) in [4.78, 5) is 0. The van der Waals surface area contributed by atoms with E-state index in [4.69, 9.17) is 5.73 Å². The Morgan fingerprint density at radius 2 is 2.07 bits per heavy atom. The van der Waals surface area contributed by atoms with Crippen LogP contribution < -0.4 is 5.73 Å². The zero-order valence-corrected chi connectivity index (χ0v) is 9.01. The predicted octanol–water partition coefficient (Wildman–Crippen LogP) is 2.40. The fourth-order valence-corrected chi connectivity index (χ4v) is 2.29. The summed E-state index contributed by atoms with van der Waals surface area (Å²) in [6, 6.07) is 6.39. The van der Waals surface area contributed by atoms with Gasteiger partial charge in [-0.15, -0.1) is 0 Å². The molecule has 2 N–H and O–H groups in total. The smallest absolute Gasteiger partial charge is 0.105 e. The Kier molecular flexibility index (Phi) is 3.37. The van der Waals surface area contributed by atoms with Gasteiger partial charge in [0, 0.05) is 6.42 Å². The normalized spacial score (nSPS) is 16.4. The van der Waals surface area contributed by atoms with Gasteiger partial charge in [0.25, 0.3) is 0 Å². The van der Waals surface area contributed by atoms with E-state index in [1.165, 1.54) is 24.0 Å². The van der Waals surface area contributed by atoms with Crippen molar-refractivity contribution < 1.29 is 4.39 Å². The molecule has 15 heavy (non-hydrogen) atoms. The molecule has 1 aliphatic carbocycles. The molecule has 0 aliphatic heterocycles. The first kappa shape index (κ1) is 10.6. The van der Waals surface area contributed by atoms with Crippen LogP contribution in [-0.2, 0) is 19.3 Å². The van der Waals surface area contributed by atoms with E-state index >= 15 is 0 Å². The second-order valence-electron chi connectivity index (χ2n) is 4.34. The summed E-state index contributed by atoms with van der Waals surface area (Å²) in [5.41, 5.74) is 9.33. The summed E-state index contributed by atoms with van der Waals surface area (Å²) >= 11 is 0. The fourth-order valence-electron chi connectivity index (χ4n) is 2.29. The number of alkyl halides is 1. The summed E-state index contributed by atoms with van der Waals surface area (Å²) in [5, 5.41) is 0. The second-order valence-corrected chi connectivity index (χ2v) is 4.34. The maximum atomic E-state index is 13.4. The van der Waals surface area contributed by atoms with Gasteiger partial charge in [0.15, 0.2) is 0 Å². The minimum Gasteiger partial charge on any atom is -0.330 e. The van der Waals surface area contributed by atoms with Crippen molar-refractivity contribution in [3.63, 3.8) is 0 Å². The Morgan fingerprint density at radius 3 is 2.87 bits per heavy atom. The molecule has 1 aromatic carbocycles. The Bertz CT molecular complexity index is 335. The van der Waals surface area contributed by atoms with Crippen molar-refractivity contribution >= 4 is 0 Å². The third-order valence-corrected chi connectivity index (χ3v) is 3.10. The number of aryl methyl sites for hydroxylation is 2. The molecule has 2 rings (SSSR count). The number of halogens is 1. The van der Waals surface area contributed by atoms with E-state index in [-0.39, 0.29) is 0 Å². The highest BCUT2D eigenvalue weighted by Gasteiger charge is 2.12. The topological polar surface area (TPSA) is 26.0 Å². The molecule has 2 heteroatoms. The molecule has 0 spiro atoms. The van der Waals surface area contributed by atoms with Gasteiger partial charge in [-0.1, -0.05) is 18.2 Å². The summed E-state index contributed by atoms with van der Waals surface area (Å²) < 4.78 is 13.4. The van der Waals surface area contributed by atoms with Gasteiger partial charge < -0.3 is 5.73 Å². The first-order valence-corrected chi connectivity index (χ1v) is 5.74. The molecule has 0 amide bonds. The van der Waals surface area contributed by atoms with Gasteiger partial charge in [-0.3, -0.25) is 0 Å². The number of nitrogens with two attached hydrogens (primary N) is 1. The van der Waals surface area contributed by atoms with E-state index in [0.717, 1.165) is 12.0 Å². The molecule has 1 aliphatic rings. The van der Waals surface area contributed by atoms with Crippen molar-refractivity contribution in [2.75, 3.05) is 6.54 Å². The number of fused-ring (bicyclic) bond motifs is 1. The lowest BCUT2D eigenvalue weighted by Gasteiger charge is -2.08. The van der Waals surface area contributed by atoms with E-state index in [2.05, 4.69) is 18.2 Å². The van der Waals surface area contributed by atoms with Crippen LogP contribution in [0.15, 0.2) is 18.2 Å². The molecule has 1 aromatic rings. The Hall–Kier alpha value is -0.890. The number of hydrogen-bond donors (Lipinski definition) is 1. The van der Waals surface area contributed by atoms with E-state index in [9.17, 15) is 4.39 Å². The van der Waals surface area contributed by atoms with Crippen LogP contribution in [0.5, 0.6) is 0 Å². The summed E-state index contributed by atoms with van der Waals surface area (Å²) in [7, 11) is 0. The van der Waals surface area contributed by atoms with Crippen LogP contribution in [0.1, 0.15) is 29.5 Å². The van der Waals surface area contributed by atoms with Crippen molar-refractivity contribution in [3.8, 4) is 0 Å². The molecule has 0 saturated carbocycles. The first-order valence-electron chi connectivity index (χ1n) is 5.74. The van der Waals surface area contributed by atoms with Crippen molar-refractivity contribution in [2.45, 2.75) is 38.3 Å². The van der Waals surface area contributed by atoms with Crippen LogP contribution in [0.25, 0.3) is 0 Å². The molecule has 0 fully saturated rings.